The molecule has 1 amide bonds. The molecule has 0 spiro atoms. The minimum Gasteiger partial charge on any atom is -0.437 e. The van der Waals surface area contributed by atoms with Crippen molar-refractivity contribution in [1.29, 1.82) is 0 Å². The van der Waals surface area contributed by atoms with Gasteiger partial charge in [0.15, 0.2) is 0 Å². The molecule has 1 aliphatic rings. The van der Waals surface area contributed by atoms with Gasteiger partial charge >= 0.3 is 0 Å². The average molecular weight is 326 g/mol. The Labute approximate surface area is 141 Å². The number of likely N-dealkylation sites (tertiary alicyclic amines) is 1. The quantitative estimate of drug-likeness (QED) is 0.934. The van der Waals surface area contributed by atoms with Crippen molar-refractivity contribution in [2.24, 2.45) is 5.73 Å². The smallest absolute Gasteiger partial charge is 0.254 e. The van der Waals surface area contributed by atoms with E-state index in [4.69, 9.17) is 10.5 Å². The van der Waals surface area contributed by atoms with E-state index in [1.807, 2.05) is 17.9 Å². The highest BCUT2D eigenvalue weighted by Crippen LogP contribution is 2.24. The van der Waals surface area contributed by atoms with Crippen LogP contribution in [0.5, 0.6) is 11.6 Å². The van der Waals surface area contributed by atoms with Gasteiger partial charge in [-0.25, -0.2) is 4.98 Å². The Bertz CT molecular complexity index is 690. The monoisotopic (exact) mass is 326 g/mol. The fraction of sp³-hybridized carbons (Fsp3) is 0.389. The van der Waals surface area contributed by atoms with Crippen LogP contribution in [-0.2, 0) is 0 Å². The number of nitrogens with two attached hydrogens (primary N) is 1. The maximum Gasteiger partial charge on any atom is 0.254 e. The van der Waals surface area contributed by atoms with Crippen LogP contribution in [0.4, 0.5) is 0 Å². The van der Waals surface area contributed by atoms with Gasteiger partial charge in [-0.15, -0.1) is 0 Å². The van der Waals surface area contributed by atoms with Gasteiger partial charge in [-0.2, -0.15) is 0 Å². The summed E-state index contributed by atoms with van der Waals surface area (Å²) in [7, 11) is 0. The molecule has 0 saturated carbocycles. The number of carbonyl (C=O) groups is 1. The van der Waals surface area contributed by atoms with Crippen LogP contribution in [0.1, 0.15) is 36.5 Å². The van der Waals surface area contributed by atoms with Crippen LogP contribution in [0.15, 0.2) is 42.9 Å². The Hall–Kier alpha value is -2.47. The summed E-state index contributed by atoms with van der Waals surface area (Å²) in [6, 6.07) is 7.21. The van der Waals surface area contributed by atoms with Gasteiger partial charge in [0.1, 0.15) is 5.75 Å². The van der Waals surface area contributed by atoms with Crippen LogP contribution in [0.3, 0.4) is 0 Å². The maximum atomic E-state index is 12.9. The number of rotatable bonds is 4. The lowest BCUT2D eigenvalue weighted by Crippen LogP contribution is -2.51. The zero-order valence-electron chi connectivity index (χ0n) is 13.8. The van der Waals surface area contributed by atoms with Crippen LogP contribution in [-0.4, -0.2) is 39.4 Å². The lowest BCUT2D eigenvalue weighted by Gasteiger charge is -2.38. The summed E-state index contributed by atoms with van der Waals surface area (Å²) in [6.45, 7) is 2.71. The molecule has 1 fully saturated rings. The summed E-state index contributed by atoms with van der Waals surface area (Å²) in [6.07, 6.45) is 7.77. The Kier molecular flexibility index (Phi) is 5.05. The Morgan fingerprint density at radius 3 is 3.00 bits per heavy atom. The van der Waals surface area contributed by atoms with Crippen molar-refractivity contribution in [3.05, 3.63) is 48.4 Å². The van der Waals surface area contributed by atoms with Crippen LogP contribution in [0.2, 0.25) is 0 Å². The van der Waals surface area contributed by atoms with Gasteiger partial charge in [-0.05, 0) is 44.4 Å². The van der Waals surface area contributed by atoms with Crippen molar-refractivity contribution in [2.45, 2.75) is 38.3 Å². The minimum absolute atomic E-state index is 0.00148. The van der Waals surface area contributed by atoms with E-state index in [1.165, 1.54) is 6.20 Å². The maximum absolute atomic E-state index is 12.9. The Morgan fingerprint density at radius 1 is 1.38 bits per heavy atom. The topological polar surface area (TPSA) is 81.3 Å². The molecule has 2 heterocycles. The van der Waals surface area contributed by atoms with Crippen molar-refractivity contribution >= 4 is 5.91 Å². The number of hydrogen-bond donors (Lipinski definition) is 1. The molecule has 1 saturated heterocycles. The fourth-order valence-corrected chi connectivity index (χ4v) is 3.07. The van der Waals surface area contributed by atoms with E-state index >= 15 is 0 Å². The van der Waals surface area contributed by atoms with Crippen molar-refractivity contribution in [3.8, 4) is 11.6 Å². The molecule has 1 aromatic heterocycles. The van der Waals surface area contributed by atoms with E-state index in [0.29, 0.717) is 17.2 Å². The molecular weight excluding hydrogens is 304 g/mol. The molecule has 6 nitrogen and oxygen atoms in total. The zero-order chi connectivity index (χ0) is 16.9. The highest BCUT2D eigenvalue weighted by Gasteiger charge is 2.29. The average Bonchev–Trinajstić information content (AvgIpc) is 2.62. The molecule has 0 bridgehead atoms. The van der Waals surface area contributed by atoms with Crippen LogP contribution in [0.25, 0.3) is 0 Å². The summed E-state index contributed by atoms with van der Waals surface area (Å²) < 4.78 is 5.66. The third kappa shape index (κ3) is 3.71. The van der Waals surface area contributed by atoms with E-state index in [2.05, 4.69) is 9.97 Å². The predicted molar refractivity (Wildman–Crippen MR) is 90.9 cm³/mol. The molecule has 24 heavy (non-hydrogen) atoms. The van der Waals surface area contributed by atoms with Gasteiger partial charge < -0.3 is 15.4 Å². The number of amides is 1. The third-order valence-corrected chi connectivity index (χ3v) is 4.26. The lowest BCUT2D eigenvalue weighted by atomic mass is 9.96. The highest BCUT2D eigenvalue weighted by atomic mass is 16.5. The lowest BCUT2D eigenvalue weighted by molar-refractivity contribution is 0.0583. The fourth-order valence-electron chi connectivity index (χ4n) is 3.07. The Balaban J connectivity index is 1.78. The molecule has 2 aromatic rings. The van der Waals surface area contributed by atoms with Gasteiger partial charge in [-0.1, -0.05) is 6.07 Å². The van der Waals surface area contributed by atoms with E-state index in [1.54, 1.807) is 30.6 Å². The number of piperidine rings is 1. The largest absolute Gasteiger partial charge is 0.437 e. The van der Waals surface area contributed by atoms with E-state index < -0.39 is 0 Å². The molecule has 0 aliphatic carbocycles. The summed E-state index contributed by atoms with van der Waals surface area (Å²) in [5, 5.41) is 0. The molecule has 1 aromatic carbocycles. The minimum atomic E-state index is -0.0340. The number of nitrogens with zero attached hydrogens (tertiary/aromatic N) is 3. The molecule has 0 unspecified atom stereocenters. The van der Waals surface area contributed by atoms with Gasteiger partial charge in [-0.3, -0.25) is 9.78 Å². The number of ether oxygens (including phenoxy) is 1. The first kappa shape index (κ1) is 16.4. The first-order valence-electron chi connectivity index (χ1n) is 8.25. The molecule has 6 heteroatoms. The Morgan fingerprint density at radius 2 is 2.25 bits per heavy atom. The highest BCUT2D eigenvalue weighted by molar-refractivity contribution is 5.95. The van der Waals surface area contributed by atoms with Crippen molar-refractivity contribution < 1.29 is 9.53 Å². The molecule has 3 rings (SSSR count). The van der Waals surface area contributed by atoms with E-state index in [0.717, 1.165) is 25.8 Å². The molecule has 126 valence electrons. The summed E-state index contributed by atoms with van der Waals surface area (Å²) in [4.78, 5) is 22.8. The van der Waals surface area contributed by atoms with E-state index in [9.17, 15) is 4.79 Å². The van der Waals surface area contributed by atoms with Gasteiger partial charge in [0.2, 0.25) is 5.88 Å². The molecule has 2 atom stereocenters. The van der Waals surface area contributed by atoms with Crippen molar-refractivity contribution in [1.82, 2.24) is 14.9 Å². The van der Waals surface area contributed by atoms with Gasteiger partial charge in [0.25, 0.3) is 5.91 Å². The van der Waals surface area contributed by atoms with Crippen LogP contribution in [0, 0.1) is 0 Å². The molecular formula is C18H22N4O2. The molecule has 0 radical (unpaired) electrons. The summed E-state index contributed by atoms with van der Waals surface area (Å²) >= 11 is 0. The number of aromatic nitrogens is 2. The van der Waals surface area contributed by atoms with Gasteiger partial charge in [0.05, 0.1) is 6.20 Å². The molecule has 2 N–H and O–H groups in total. The second-order valence-corrected chi connectivity index (χ2v) is 6.09. The SMILES string of the molecule is C[C@H](N)[C@@H]1CCCCN1C(=O)c1cccc(Oc2cnccn2)c1. The number of benzene rings is 1. The van der Waals surface area contributed by atoms with Crippen LogP contribution >= 0.6 is 0 Å². The second kappa shape index (κ2) is 7.40. The zero-order valence-corrected chi connectivity index (χ0v) is 13.8. The summed E-state index contributed by atoms with van der Waals surface area (Å²) in [5.41, 5.74) is 6.67. The first-order valence-corrected chi connectivity index (χ1v) is 8.25. The summed E-state index contributed by atoms with van der Waals surface area (Å²) in [5.74, 6) is 0.964. The van der Waals surface area contributed by atoms with Gasteiger partial charge in [0, 0.05) is 36.6 Å². The standard InChI is InChI=1S/C18H22N4O2/c1-13(19)16-7-2-3-10-22(16)18(23)14-5-4-6-15(11-14)24-17-12-20-8-9-21-17/h4-6,8-9,11-13,16H,2-3,7,10,19H2,1H3/t13-,16-/m0/s1. The predicted octanol–water partition coefficient (Wildman–Crippen LogP) is 2.61. The van der Waals surface area contributed by atoms with Crippen molar-refractivity contribution in [3.63, 3.8) is 0 Å². The normalized spacial score (nSPS) is 18.9. The molecule has 1 aliphatic heterocycles. The van der Waals surface area contributed by atoms with Crippen molar-refractivity contribution in [2.75, 3.05) is 6.54 Å². The van der Waals surface area contributed by atoms with Crippen LogP contribution < -0.4 is 10.5 Å². The third-order valence-electron chi connectivity index (χ3n) is 4.26. The second-order valence-electron chi connectivity index (χ2n) is 6.09. The van der Waals surface area contributed by atoms with E-state index in [-0.39, 0.29) is 18.0 Å². The number of carbonyl (C=O) groups excluding carboxylic acids is 1. The number of hydrogen-bond acceptors (Lipinski definition) is 5. The first-order chi connectivity index (χ1) is 11.6.